The maximum atomic E-state index is 11.4. The third kappa shape index (κ3) is 4.49. The fraction of sp³-hybridized carbons (Fsp3) is 0.556. The fourth-order valence-corrected chi connectivity index (χ4v) is 1.13. The number of nitrogens with zero attached hydrogens (tertiary/aromatic N) is 3. The molecule has 0 saturated heterocycles. The van der Waals surface area contributed by atoms with E-state index in [9.17, 15) is 9.59 Å². The second-order valence-corrected chi connectivity index (χ2v) is 3.46. The molecule has 8 nitrogen and oxygen atoms in total. The Labute approximate surface area is 97.6 Å². The van der Waals surface area contributed by atoms with Crippen LogP contribution in [0.15, 0.2) is 4.52 Å². The number of amides is 2. The van der Waals surface area contributed by atoms with E-state index < -0.39 is 12.0 Å². The number of aryl methyl sites for hydroxylation is 1. The van der Waals surface area contributed by atoms with Crippen LogP contribution in [0.25, 0.3) is 0 Å². The van der Waals surface area contributed by atoms with Gasteiger partial charge in [0, 0.05) is 26.9 Å². The maximum Gasteiger partial charge on any atom is 0.323 e. The highest BCUT2D eigenvalue weighted by molar-refractivity contribution is 5.79. The predicted octanol–water partition coefficient (Wildman–Crippen LogP) is -0.353. The molecule has 0 spiro atoms. The Morgan fingerprint density at radius 1 is 1.53 bits per heavy atom. The highest BCUT2D eigenvalue weighted by Gasteiger charge is 2.11. The molecule has 0 saturated carbocycles. The number of likely N-dealkylation sites (N-methyl/N-ethyl adjacent to an activating group) is 1. The third-order valence-corrected chi connectivity index (χ3v) is 1.91. The van der Waals surface area contributed by atoms with Crippen LogP contribution in [-0.4, -0.2) is 52.3 Å². The molecular weight excluding hydrogens is 228 g/mol. The number of carbonyl (C=O) groups excluding carboxylic acids is 1. The van der Waals surface area contributed by atoms with E-state index in [0.29, 0.717) is 24.7 Å². The van der Waals surface area contributed by atoms with Gasteiger partial charge in [0.2, 0.25) is 5.89 Å². The second-order valence-electron chi connectivity index (χ2n) is 3.46. The Morgan fingerprint density at radius 3 is 2.76 bits per heavy atom. The third-order valence-electron chi connectivity index (χ3n) is 1.91. The van der Waals surface area contributed by atoms with Crippen molar-refractivity contribution >= 4 is 12.0 Å². The Bertz CT molecular complexity index is 403. The van der Waals surface area contributed by atoms with E-state index in [2.05, 4.69) is 15.5 Å². The lowest BCUT2D eigenvalue weighted by molar-refractivity contribution is -0.137. The van der Waals surface area contributed by atoms with Crippen molar-refractivity contribution in [2.75, 3.05) is 20.1 Å². The van der Waals surface area contributed by atoms with Gasteiger partial charge in [0.25, 0.3) is 0 Å². The van der Waals surface area contributed by atoms with Crippen molar-refractivity contribution in [1.82, 2.24) is 20.4 Å². The van der Waals surface area contributed by atoms with E-state index in [4.69, 9.17) is 9.63 Å². The number of aromatic nitrogens is 2. The summed E-state index contributed by atoms with van der Waals surface area (Å²) in [7, 11) is 1.40. The van der Waals surface area contributed by atoms with Crippen LogP contribution in [0, 0.1) is 6.92 Å². The van der Waals surface area contributed by atoms with E-state index in [1.165, 1.54) is 7.05 Å². The molecule has 1 aromatic rings. The van der Waals surface area contributed by atoms with Gasteiger partial charge in [-0.25, -0.2) is 4.79 Å². The molecule has 94 valence electrons. The van der Waals surface area contributed by atoms with Crippen molar-refractivity contribution in [2.45, 2.75) is 13.3 Å². The van der Waals surface area contributed by atoms with Crippen molar-refractivity contribution in [3.8, 4) is 0 Å². The van der Waals surface area contributed by atoms with E-state index >= 15 is 0 Å². The summed E-state index contributed by atoms with van der Waals surface area (Å²) in [5, 5.41) is 14.7. The topological polar surface area (TPSA) is 109 Å². The first-order valence-corrected chi connectivity index (χ1v) is 4.99. The molecule has 0 aromatic carbocycles. The first kappa shape index (κ1) is 12.9. The number of urea groups is 1. The molecule has 0 aliphatic rings. The van der Waals surface area contributed by atoms with Crippen LogP contribution >= 0.6 is 0 Å². The Morgan fingerprint density at radius 2 is 2.24 bits per heavy atom. The van der Waals surface area contributed by atoms with Crippen LogP contribution in [0.5, 0.6) is 0 Å². The van der Waals surface area contributed by atoms with Gasteiger partial charge in [0.05, 0.1) is 0 Å². The highest BCUT2D eigenvalue weighted by Crippen LogP contribution is 1.95. The van der Waals surface area contributed by atoms with Gasteiger partial charge in [0.1, 0.15) is 6.54 Å². The standard InChI is InChI=1S/C9H14N4O4/c1-6-11-7(12-17-6)3-4-10-9(16)13(2)5-8(14)15/h3-5H2,1-2H3,(H,10,16)(H,14,15). The zero-order valence-corrected chi connectivity index (χ0v) is 9.63. The zero-order chi connectivity index (χ0) is 12.8. The fourth-order valence-electron chi connectivity index (χ4n) is 1.13. The number of rotatable bonds is 5. The molecule has 1 heterocycles. The van der Waals surface area contributed by atoms with Crippen molar-refractivity contribution in [2.24, 2.45) is 0 Å². The van der Waals surface area contributed by atoms with E-state index in [1.807, 2.05) is 0 Å². The molecule has 0 fully saturated rings. The second kappa shape index (κ2) is 5.83. The van der Waals surface area contributed by atoms with E-state index in [-0.39, 0.29) is 6.54 Å². The lowest BCUT2D eigenvalue weighted by atomic mass is 10.4. The number of carboxylic acids is 1. The molecule has 2 amide bonds. The van der Waals surface area contributed by atoms with Gasteiger partial charge in [-0.15, -0.1) is 0 Å². The van der Waals surface area contributed by atoms with Crippen molar-refractivity contribution in [3.63, 3.8) is 0 Å². The van der Waals surface area contributed by atoms with Crippen LogP contribution in [0.2, 0.25) is 0 Å². The molecule has 0 unspecified atom stereocenters. The first-order valence-electron chi connectivity index (χ1n) is 4.99. The number of carbonyl (C=O) groups is 2. The largest absolute Gasteiger partial charge is 0.480 e. The van der Waals surface area contributed by atoms with Gasteiger partial charge >= 0.3 is 12.0 Å². The molecule has 1 rings (SSSR count). The summed E-state index contributed by atoms with van der Waals surface area (Å²) in [4.78, 5) is 26.8. The zero-order valence-electron chi connectivity index (χ0n) is 9.63. The molecule has 0 atom stereocenters. The minimum absolute atomic E-state index is 0.321. The maximum absolute atomic E-state index is 11.4. The van der Waals surface area contributed by atoms with Crippen molar-refractivity contribution in [3.05, 3.63) is 11.7 Å². The van der Waals surface area contributed by atoms with Gasteiger partial charge in [-0.1, -0.05) is 5.16 Å². The van der Waals surface area contributed by atoms with Crippen LogP contribution in [-0.2, 0) is 11.2 Å². The van der Waals surface area contributed by atoms with E-state index in [1.54, 1.807) is 6.92 Å². The van der Waals surface area contributed by atoms with Gasteiger partial charge in [0.15, 0.2) is 5.82 Å². The minimum Gasteiger partial charge on any atom is -0.480 e. The summed E-state index contributed by atoms with van der Waals surface area (Å²) in [5.74, 6) is -0.0885. The highest BCUT2D eigenvalue weighted by atomic mass is 16.5. The number of aliphatic carboxylic acids is 1. The number of nitrogens with one attached hydrogen (secondary N) is 1. The summed E-state index contributed by atoms with van der Waals surface area (Å²) >= 11 is 0. The smallest absolute Gasteiger partial charge is 0.323 e. The van der Waals surface area contributed by atoms with Crippen molar-refractivity contribution in [1.29, 1.82) is 0 Å². The Balaban J connectivity index is 2.26. The average Bonchev–Trinajstić information content (AvgIpc) is 2.63. The predicted molar refractivity (Wildman–Crippen MR) is 56.4 cm³/mol. The molecule has 0 radical (unpaired) electrons. The summed E-state index contributed by atoms with van der Waals surface area (Å²) < 4.78 is 4.76. The monoisotopic (exact) mass is 242 g/mol. The lowest BCUT2D eigenvalue weighted by Gasteiger charge is -2.14. The Hall–Kier alpha value is -2.12. The van der Waals surface area contributed by atoms with Gasteiger partial charge in [-0.3, -0.25) is 4.79 Å². The molecule has 2 N–H and O–H groups in total. The van der Waals surface area contributed by atoms with Crippen LogP contribution in [0.3, 0.4) is 0 Å². The number of hydrogen-bond acceptors (Lipinski definition) is 5. The summed E-state index contributed by atoms with van der Waals surface area (Å²) in [5.41, 5.74) is 0. The van der Waals surface area contributed by atoms with Gasteiger partial charge < -0.3 is 19.8 Å². The first-order chi connectivity index (χ1) is 7.99. The van der Waals surface area contributed by atoms with Gasteiger partial charge in [-0.2, -0.15) is 4.98 Å². The quantitative estimate of drug-likeness (QED) is 0.730. The van der Waals surface area contributed by atoms with Crippen LogP contribution in [0.4, 0.5) is 4.79 Å². The summed E-state index contributed by atoms with van der Waals surface area (Å²) in [6, 6.07) is -0.451. The lowest BCUT2D eigenvalue weighted by Crippen LogP contribution is -2.40. The number of hydrogen-bond donors (Lipinski definition) is 2. The SMILES string of the molecule is Cc1nc(CCNC(=O)N(C)CC(=O)O)no1. The average molecular weight is 242 g/mol. The summed E-state index contributed by atoms with van der Waals surface area (Å²) in [6.07, 6.45) is 0.435. The molecule has 17 heavy (non-hydrogen) atoms. The molecule has 0 aliphatic carbocycles. The van der Waals surface area contributed by atoms with Gasteiger partial charge in [-0.05, 0) is 0 Å². The normalized spacial score (nSPS) is 10.0. The molecule has 1 aromatic heterocycles. The molecule has 0 aliphatic heterocycles. The number of carboxylic acid groups (broad SMARTS) is 1. The van der Waals surface area contributed by atoms with E-state index in [0.717, 1.165) is 4.90 Å². The Kier molecular flexibility index (Phi) is 4.44. The minimum atomic E-state index is -1.06. The van der Waals surface area contributed by atoms with Crippen LogP contribution < -0.4 is 5.32 Å². The summed E-state index contributed by atoms with van der Waals surface area (Å²) in [6.45, 7) is 1.66. The van der Waals surface area contributed by atoms with Crippen LogP contribution in [0.1, 0.15) is 11.7 Å². The molecular formula is C9H14N4O4. The molecule has 0 bridgehead atoms. The van der Waals surface area contributed by atoms with Crippen molar-refractivity contribution < 1.29 is 19.2 Å². The molecule has 8 heteroatoms.